The van der Waals surface area contributed by atoms with Crippen LogP contribution in [-0.4, -0.2) is 23.1 Å². The monoisotopic (exact) mass is 346 g/mol. The summed E-state index contributed by atoms with van der Waals surface area (Å²) in [4.78, 5) is 0. The molecular weight excluding hydrogens is 329 g/mol. The summed E-state index contributed by atoms with van der Waals surface area (Å²) in [6.07, 6.45) is -14.9. The van der Waals surface area contributed by atoms with Gasteiger partial charge in [-0.2, -0.15) is 26.3 Å². The second-order valence-electron chi connectivity index (χ2n) is 5.32. The molecule has 1 nitrogen and oxygen atoms in total. The van der Waals surface area contributed by atoms with E-state index < -0.39 is 30.5 Å². The minimum atomic E-state index is -6.16. The van der Waals surface area contributed by atoms with E-state index in [4.69, 9.17) is 0 Å². The quantitative estimate of drug-likeness (QED) is 0.695. The van der Waals surface area contributed by atoms with Crippen molar-refractivity contribution in [2.75, 3.05) is 0 Å². The Bertz CT molecular complexity index is 493. The molecule has 0 aliphatic heterocycles. The summed E-state index contributed by atoms with van der Waals surface area (Å²) in [5, 5.41) is 9.82. The molecule has 132 valence electrons. The summed E-state index contributed by atoms with van der Waals surface area (Å²) < 4.78 is 89.2. The molecule has 0 aromatic heterocycles. The molecule has 1 rings (SSSR count). The average Bonchev–Trinajstić information content (AvgIpc) is 2.42. The maximum atomic E-state index is 13.7. The van der Waals surface area contributed by atoms with Crippen LogP contribution in [0.3, 0.4) is 0 Å². The van der Waals surface area contributed by atoms with Crippen molar-refractivity contribution in [2.45, 2.75) is 56.7 Å². The van der Waals surface area contributed by atoms with Crippen molar-refractivity contribution in [2.24, 2.45) is 0 Å². The lowest BCUT2D eigenvalue weighted by Gasteiger charge is -2.32. The van der Waals surface area contributed by atoms with E-state index in [0.717, 1.165) is 6.42 Å². The molecule has 0 radical (unpaired) electrons. The van der Waals surface area contributed by atoms with Crippen molar-refractivity contribution in [3.05, 3.63) is 35.4 Å². The van der Waals surface area contributed by atoms with E-state index in [1.54, 1.807) is 6.07 Å². The smallest absolute Gasteiger partial charge is 0.388 e. The number of aliphatic hydroxyl groups is 1. The largest absolute Gasteiger partial charge is 0.431 e. The molecule has 0 aliphatic carbocycles. The van der Waals surface area contributed by atoms with Crippen LogP contribution in [0.2, 0.25) is 0 Å². The lowest BCUT2D eigenvalue weighted by atomic mass is 9.89. The molecule has 8 heteroatoms. The van der Waals surface area contributed by atoms with E-state index in [-0.39, 0.29) is 5.56 Å². The Morgan fingerprint density at radius 3 is 1.96 bits per heavy atom. The number of hydrogen-bond acceptors (Lipinski definition) is 1. The van der Waals surface area contributed by atoms with E-state index in [1.807, 2.05) is 6.92 Å². The Hall–Kier alpha value is -1.31. The molecule has 1 aromatic carbocycles. The number of hydrogen-bond donors (Lipinski definition) is 1. The van der Waals surface area contributed by atoms with Crippen LogP contribution in [0.1, 0.15) is 43.4 Å². The van der Waals surface area contributed by atoms with Crippen LogP contribution in [0.15, 0.2) is 24.3 Å². The first-order chi connectivity index (χ1) is 10.4. The van der Waals surface area contributed by atoms with Crippen molar-refractivity contribution >= 4 is 0 Å². The van der Waals surface area contributed by atoms with Gasteiger partial charge in [0.05, 0.1) is 6.10 Å². The lowest BCUT2D eigenvalue weighted by Crippen LogP contribution is -2.54. The van der Waals surface area contributed by atoms with Gasteiger partial charge < -0.3 is 5.11 Å². The second kappa shape index (κ2) is 7.07. The number of halogens is 7. The van der Waals surface area contributed by atoms with E-state index in [2.05, 4.69) is 0 Å². The molecular formula is C15H17F7O. The minimum absolute atomic E-state index is 0.114. The Balaban J connectivity index is 3.12. The third kappa shape index (κ3) is 4.37. The fourth-order valence-corrected chi connectivity index (χ4v) is 2.22. The van der Waals surface area contributed by atoms with Gasteiger partial charge in [0.2, 0.25) is 0 Å². The second-order valence-corrected chi connectivity index (χ2v) is 5.32. The van der Waals surface area contributed by atoms with E-state index >= 15 is 0 Å². The highest BCUT2D eigenvalue weighted by Gasteiger charge is 2.72. The summed E-state index contributed by atoms with van der Waals surface area (Å²) >= 11 is 0. The first kappa shape index (κ1) is 19.7. The number of benzene rings is 1. The Morgan fingerprint density at radius 1 is 0.957 bits per heavy atom. The summed E-state index contributed by atoms with van der Waals surface area (Å²) in [7, 11) is 0. The predicted molar refractivity (Wildman–Crippen MR) is 70.6 cm³/mol. The molecule has 1 atom stereocenters. The topological polar surface area (TPSA) is 20.2 Å². The highest BCUT2D eigenvalue weighted by Crippen LogP contribution is 2.50. The van der Waals surface area contributed by atoms with Crippen molar-refractivity contribution in [1.29, 1.82) is 0 Å². The molecule has 1 unspecified atom stereocenters. The fraction of sp³-hybridized carbons (Fsp3) is 0.600. The van der Waals surface area contributed by atoms with Gasteiger partial charge in [0, 0.05) is 6.42 Å². The van der Waals surface area contributed by atoms with Crippen LogP contribution in [0, 0.1) is 0 Å². The SMILES string of the molecule is CCCCc1ccccc1C(O)CC(F)(C(F)(F)F)C(F)(F)F. The summed E-state index contributed by atoms with van der Waals surface area (Å²) in [6.45, 7) is 1.86. The maximum absolute atomic E-state index is 13.7. The molecule has 0 bridgehead atoms. The zero-order valence-corrected chi connectivity index (χ0v) is 12.3. The standard InChI is InChI=1S/C15H17F7O/c1-2-3-6-10-7-4-5-8-11(10)12(23)9-13(16,14(17,18)19)15(20,21)22/h4-5,7-8,12,23H,2-3,6,9H2,1H3. The molecule has 0 spiro atoms. The third-order valence-corrected chi connectivity index (χ3v) is 3.59. The Kier molecular flexibility index (Phi) is 6.06. The first-order valence-electron chi connectivity index (χ1n) is 7.02. The fourth-order valence-electron chi connectivity index (χ4n) is 2.22. The van der Waals surface area contributed by atoms with Gasteiger partial charge in [0.25, 0.3) is 0 Å². The van der Waals surface area contributed by atoms with Crippen molar-refractivity contribution in [3.63, 3.8) is 0 Å². The van der Waals surface area contributed by atoms with E-state index in [9.17, 15) is 35.8 Å². The highest BCUT2D eigenvalue weighted by atomic mass is 19.4. The maximum Gasteiger partial charge on any atom is 0.431 e. The van der Waals surface area contributed by atoms with Crippen LogP contribution in [0.4, 0.5) is 30.7 Å². The zero-order valence-electron chi connectivity index (χ0n) is 12.3. The Labute approximate surface area is 129 Å². The van der Waals surface area contributed by atoms with Crippen LogP contribution in [-0.2, 0) is 6.42 Å². The third-order valence-electron chi connectivity index (χ3n) is 3.59. The number of alkyl halides is 7. The normalized spacial score (nSPS) is 14.8. The average molecular weight is 346 g/mol. The van der Waals surface area contributed by atoms with Gasteiger partial charge in [-0.15, -0.1) is 0 Å². The van der Waals surface area contributed by atoms with Crippen LogP contribution in [0.5, 0.6) is 0 Å². The molecule has 0 fully saturated rings. The molecule has 1 aromatic rings. The lowest BCUT2D eigenvalue weighted by molar-refractivity contribution is -0.347. The van der Waals surface area contributed by atoms with E-state index in [1.165, 1.54) is 18.2 Å². The molecule has 0 aliphatic rings. The van der Waals surface area contributed by atoms with Crippen LogP contribution < -0.4 is 0 Å². The summed E-state index contributed by atoms with van der Waals surface area (Å²) in [5.41, 5.74) is -5.16. The summed E-state index contributed by atoms with van der Waals surface area (Å²) in [5.74, 6) is 0. The van der Waals surface area contributed by atoms with Gasteiger partial charge in [-0.1, -0.05) is 37.6 Å². The molecule has 23 heavy (non-hydrogen) atoms. The number of rotatable bonds is 6. The highest BCUT2D eigenvalue weighted by molar-refractivity contribution is 5.29. The molecule has 0 heterocycles. The zero-order chi connectivity index (χ0) is 17.9. The first-order valence-corrected chi connectivity index (χ1v) is 7.02. The summed E-state index contributed by atoms with van der Waals surface area (Å²) in [6, 6.07) is 5.63. The van der Waals surface area contributed by atoms with Gasteiger partial charge in [-0.25, -0.2) is 4.39 Å². The van der Waals surface area contributed by atoms with Gasteiger partial charge >= 0.3 is 18.0 Å². The van der Waals surface area contributed by atoms with Gasteiger partial charge in [-0.3, -0.25) is 0 Å². The van der Waals surface area contributed by atoms with Crippen molar-refractivity contribution < 1.29 is 35.8 Å². The predicted octanol–water partition coefficient (Wildman–Crippen LogP) is 5.29. The van der Waals surface area contributed by atoms with Crippen LogP contribution >= 0.6 is 0 Å². The number of aryl methyl sites for hydroxylation is 1. The molecule has 0 saturated carbocycles. The van der Waals surface area contributed by atoms with Crippen molar-refractivity contribution in [3.8, 4) is 0 Å². The van der Waals surface area contributed by atoms with Crippen molar-refractivity contribution in [1.82, 2.24) is 0 Å². The molecule has 1 N–H and O–H groups in total. The molecule has 0 saturated heterocycles. The Morgan fingerprint density at radius 2 is 1.48 bits per heavy atom. The number of unbranched alkanes of at least 4 members (excludes halogenated alkanes) is 1. The van der Waals surface area contributed by atoms with Gasteiger partial charge in [0.15, 0.2) is 0 Å². The van der Waals surface area contributed by atoms with E-state index in [0.29, 0.717) is 18.4 Å². The van der Waals surface area contributed by atoms with Gasteiger partial charge in [0.1, 0.15) is 0 Å². The van der Waals surface area contributed by atoms with Gasteiger partial charge in [-0.05, 0) is 24.0 Å². The molecule has 0 amide bonds. The minimum Gasteiger partial charge on any atom is -0.388 e. The number of aliphatic hydroxyl groups excluding tert-OH is 1. The van der Waals surface area contributed by atoms with Crippen LogP contribution in [0.25, 0.3) is 0 Å².